The van der Waals surface area contributed by atoms with E-state index in [1.807, 2.05) is 0 Å². The predicted octanol–water partition coefficient (Wildman–Crippen LogP) is 20.4. The molecule has 0 aliphatic carbocycles. The highest BCUT2D eigenvalue weighted by Gasteiger charge is 2.30. The van der Waals surface area contributed by atoms with Gasteiger partial charge in [-0.2, -0.15) is 0 Å². The number of carbonyl (C=O) groups excluding carboxylic acids is 4. The Kier molecular flexibility index (Phi) is 61.8. The molecule has 3 N–H and O–H groups in total. The van der Waals surface area contributed by atoms with Crippen LogP contribution in [0, 0.1) is 11.8 Å². The van der Waals surface area contributed by atoms with Gasteiger partial charge in [0, 0.05) is 25.7 Å². The summed E-state index contributed by atoms with van der Waals surface area (Å²) < 4.78 is 68.3. The standard InChI is InChI=1S/C71H138O17P2/c1-7-9-11-13-15-17-19-20-24-30-36-42-48-54-69(74)82-59-66(87-70(75)55-49-43-37-31-25-21-23-27-33-39-45-51-63(3)4)61-85-89(77,78)83-57-65(72)58-84-90(79,80)86-62-67(60-81-68(73)53-47-41-35-29-22-18-16-14-12-10-8-2)88-71(76)56-50-44-38-32-26-28-34-40-46-52-64(5)6/h63-67,72H,7-62H2,1-6H3,(H,77,78)(H,79,80)/t65-,66-,67-/m1/s1. The van der Waals surface area contributed by atoms with Gasteiger partial charge in [-0.3, -0.25) is 37.3 Å². The van der Waals surface area contributed by atoms with Crippen LogP contribution in [0.4, 0.5) is 0 Å². The van der Waals surface area contributed by atoms with Crippen LogP contribution in [-0.4, -0.2) is 96.7 Å². The van der Waals surface area contributed by atoms with Crippen LogP contribution in [0.15, 0.2) is 0 Å². The first-order valence-electron chi connectivity index (χ1n) is 37.0. The van der Waals surface area contributed by atoms with Crippen molar-refractivity contribution in [2.24, 2.45) is 11.8 Å². The van der Waals surface area contributed by atoms with E-state index in [9.17, 15) is 43.2 Å². The number of hydrogen-bond acceptors (Lipinski definition) is 15. The van der Waals surface area contributed by atoms with Gasteiger partial charge in [0.05, 0.1) is 26.4 Å². The van der Waals surface area contributed by atoms with E-state index in [1.54, 1.807) is 0 Å². The Labute approximate surface area is 549 Å². The molecule has 0 aromatic carbocycles. The van der Waals surface area contributed by atoms with Gasteiger partial charge in [0.2, 0.25) is 0 Å². The number of hydrogen-bond donors (Lipinski definition) is 3. The lowest BCUT2D eigenvalue weighted by atomic mass is 10.0. The van der Waals surface area contributed by atoms with Gasteiger partial charge in [-0.25, -0.2) is 9.13 Å². The van der Waals surface area contributed by atoms with Gasteiger partial charge in [0.15, 0.2) is 12.2 Å². The number of unbranched alkanes of at least 4 members (excludes halogenated alkanes) is 40. The van der Waals surface area contributed by atoms with E-state index in [1.165, 1.54) is 180 Å². The number of rotatable bonds is 70. The quantitative estimate of drug-likeness (QED) is 0.0222. The van der Waals surface area contributed by atoms with Crippen molar-refractivity contribution >= 4 is 39.5 Å². The fraction of sp³-hybridized carbons (Fsp3) is 0.944. The highest BCUT2D eigenvalue weighted by Crippen LogP contribution is 2.45. The largest absolute Gasteiger partial charge is 0.472 e. The third-order valence-corrected chi connectivity index (χ3v) is 18.4. The van der Waals surface area contributed by atoms with Gasteiger partial charge in [-0.1, -0.05) is 311 Å². The Morgan fingerprint density at radius 3 is 0.756 bits per heavy atom. The lowest BCUT2D eigenvalue weighted by Gasteiger charge is -2.21. The number of phosphoric acid groups is 2. The highest BCUT2D eigenvalue weighted by atomic mass is 31.2. The van der Waals surface area contributed by atoms with E-state index in [0.717, 1.165) is 102 Å². The Bertz CT molecular complexity index is 1750. The van der Waals surface area contributed by atoms with Crippen molar-refractivity contribution in [2.45, 2.75) is 381 Å². The van der Waals surface area contributed by atoms with Crippen molar-refractivity contribution in [3.05, 3.63) is 0 Å². The van der Waals surface area contributed by atoms with Gasteiger partial charge in [0.25, 0.3) is 0 Å². The Hall–Kier alpha value is -1.94. The van der Waals surface area contributed by atoms with E-state index in [4.69, 9.17) is 37.0 Å². The van der Waals surface area contributed by atoms with Crippen molar-refractivity contribution in [1.82, 2.24) is 0 Å². The summed E-state index contributed by atoms with van der Waals surface area (Å²) in [6.45, 7) is 9.54. The molecule has 0 rings (SSSR count). The number of aliphatic hydroxyl groups excluding tert-OH is 1. The summed E-state index contributed by atoms with van der Waals surface area (Å²) in [4.78, 5) is 72.6. The number of carbonyl (C=O) groups is 4. The smallest absolute Gasteiger partial charge is 0.462 e. The second-order valence-corrected chi connectivity index (χ2v) is 29.5. The van der Waals surface area contributed by atoms with Crippen LogP contribution in [0.25, 0.3) is 0 Å². The normalized spacial score (nSPS) is 14.1. The van der Waals surface area contributed by atoms with Gasteiger partial charge in [-0.15, -0.1) is 0 Å². The second kappa shape index (κ2) is 63.1. The van der Waals surface area contributed by atoms with Crippen molar-refractivity contribution < 1.29 is 80.2 Å². The van der Waals surface area contributed by atoms with Crippen LogP contribution in [0.2, 0.25) is 0 Å². The summed E-state index contributed by atoms with van der Waals surface area (Å²) in [7, 11) is -9.90. The van der Waals surface area contributed by atoms with Crippen LogP contribution in [0.1, 0.15) is 363 Å². The molecule has 19 heteroatoms. The first-order valence-corrected chi connectivity index (χ1v) is 40.0. The molecule has 0 aliphatic heterocycles. The van der Waals surface area contributed by atoms with Gasteiger partial charge < -0.3 is 33.8 Å². The number of aliphatic hydroxyl groups is 1. The minimum Gasteiger partial charge on any atom is -0.462 e. The van der Waals surface area contributed by atoms with Crippen molar-refractivity contribution in [1.29, 1.82) is 0 Å². The zero-order valence-electron chi connectivity index (χ0n) is 58.4. The van der Waals surface area contributed by atoms with E-state index < -0.39 is 97.5 Å². The topological polar surface area (TPSA) is 237 Å². The molecule has 17 nitrogen and oxygen atoms in total. The Balaban J connectivity index is 5.26. The molecular formula is C71H138O17P2. The predicted molar refractivity (Wildman–Crippen MR) is 363 cm³/mol. The molecule has 0 radical (unpaired) electrons. The van der Waals surface area contributed by atoms with Gasteiger partial charge in [0.1, 0.15) is 19.3 Å². The molecule has 0 saturated carbocycles. The molecule has 90 heavy (non-hydrogen) atoms. The zero-order chi connectivity index (χ0) is 66.5. The molecular weight excluding hydrogens is 1190 g/mol. The molecule has 0 aliphatic rings. The third kappa shape index (κ3) is 64.8. The molecule has 0 amide bonds. The molecule has 0 bridgehead atoms. The average Bonchev–Trinajstić information content (AvgIpc) is 3.72. The SMILES string of the molecule is CCCCCCCCCCCCCCCC(=O)OC[C@H](COP(=O)(O)OC[C@@H](O)COP(=O)(O)OC[C@@H](COC(=O)CCCCCCCCCCCCC)OC(=O)CCCCCCCCCCCC(C)C)OC(=O)CCCCCCCCCCCCCC(C)C. The molecule has 5 atom stereocenters. The van der Waals surface area contributed by atoms with Crippen molar-refractivity contribution in [3.8, 4) is 0 Å². The van der Waals surface area contributed by atoms with Crippen molar-refractivity contribution in [3.63, 3.8) is 0 Å². The number of phosphoric ester groups is 2. The monoisotopic (exact) mass is 1320 g/mol. The van der Waals surface area contributed by atoms with Crippen LogP contribution in [0.5, 0.6) is 0 Å². The van der Waals surface area contributed by atoms with Crippen LogP contribution in [0.3, 0.4) is 0 Å². The first kappa shape index (κ1) is 88.1. The molecule has 0 aromatic rings. The van der Waals surface area contributed by atoms with E-state index >= 15 is 0 Å². The lowest BCUT2D eigenvalue weighted by Crippen LogP contribution is -2.30. The van der Waals surface area contributed by atoms with Gasteiger partial charge >= 0.3 is 39.5 Å². The van der Waals surface area contributed by atoms with Crippen LogP contribution >= 0.6 is 15.6 Å². The van der Waals surface area contributed by atoms with E-state index in [2.05, 4.69) is 41.5 Å². The third-order valence-electron chi connectivity index (χ3n) is 16.5. The second-order valence-electron chi connectivity index (χ2n) is 26.6. The maximum Gasteiger partial charge on any atom is 0.472 e. The van der Waals surface area contributed by atoms with Gasteiger partial charge in [-0.05, 0) is 37.5 Å². The maximum absolute atomic E-state index is 13.0. The van der Waals surface area contributed by atoms with Crippen molar-refractivity contribution in [2.75, 3.05) is 39.6 Å². The minimum absolute atomic E-state index is 0.106. The number of esters is 4. The molecule has 0 aromatic heterocycles. The average molecular weight is 1330 g/mol. The summed E-state index contributed by atoms with van der Waals surface area (Å²) in [5.74, 6) is -0.619. The molecule has 0 heterocycles. The fourth-order valence-corrected chi connectivity index (χ4v) is 12.3. The first-order chi connectivity index (χ1) is 43.4. The van der Waals surface area contributed by atoms with E-state index in [0.29, 0.717) is 25.7 Å². The summed E-state index contributed by atoms with van der Waals surface area (Å²) in [6.07, 6.45) is 48.4. The zero-order valence-corrected chi connectivity index (χ0v) is 60.2. The molecule has 534 valence electrons. The summed E-state index contributed by atoms with van der Waals surface area (Å²) in [5.41, 5.74) is 0. The summed E-state index contributed by atoms with van der Waals surface area (Å²) in [6, 6.07) is 0. The minimum atomic E-state index is -4.95. The van der Waals surface area contributed by atoms with Crippen LogP contribution in [-0.2, 0) is 65.4 Å². The van der Waals surface area contributed by atoms with Crippen LogP contribution < -0.4 is 0 Å². The Morgan fingerprint density at radius 2 is 0.511 bits per heavy atom. The molecule has 0 spiro atoms. The Morgan fingerprint density at radius 1 is 0.300 bits per heavy atom. The summed E-state index contributed by atoms with van der Waals surface area (Å²) in [5, 5.41) is 10.6. The molecule has 0 fully saturated rings. The summed E-state index contributed by atoms with van der Waals surface area (Å²) >= 11 is 0. The fourth-order valence-electron chi connectivity index (χ4n) is 10.8. The molecule has 2 unspecified atom stereocenters. The van der Waals surface area contributed by atoms with E-state index in [-0.39, 0.29) is 25.7 Å². The molecule has 0 saturated heterocycles. The highest BCUT2D eigenvalue weighted by molar-refractivity contribution is 7.47. The number of ether oxygens (including phenoxy) is 4. The maximum atomic E-state index is 13.0. The lowest BCUT2D eigenvalue weighted by molar-refractivity contribution is -0.161.